The van der Waals surface area contributed by atoms with E-state index in [9.17, 15) is 0 Å². The predicted octanol–water partition coefficient (Wildman–Crippen LogP) is 2.15. The molecule has 0 spiro atoms. The number of aromatic nitrogens is 3. The SMILES string of the molecule is COc1cccc2[nH]cc(-c3cc(N)n[nH]3)c12. The minimum Gasteiger partial charge on any atom is -0.496 e. The third kappa shape index (κ3) is 1.44. The lowest BCUT2D eigenvalue weighted by Gasteiger charge is -2.03. The molecule has 3 rings (SSSR count). The van der Waals surface area contributed by atoms with Gasteiger partial charge in [-0.3, -0.25) is 5.10 Å². The average molecular weight is 228 g/mol. The van der Waals surface area contributed by atoms with Crippen molar-refractivity contribution in [1.82, 2.24) is 15.2 Å². The first-order valence-corrected chi connectivity index (χ1v) is 5.25. The van der Waals surface area contributed by atoms with Gasteiger partial charge in [-0.1, -0.05) is 6.07 Å². The first-order chi connectivity index (χ1) is 8.29. The molecule has 0 atom stereocenters. The lowest BCUT2D eigenvalue weighted by molar-refractivity contribution is 0.420. The highest BCUT2D eigenvalue weighted by molar-refractivity contribution is 5.99. The molecule has 4 N–H and O–H groups in total. The molecule has 0 radical (unpaired) electrons. The van der Waals surface area contributed by atoms with Gasteiger partial charge in [0.15, 0.2) is 0 Å². The number of hydrogen-bond donors (Lipinski definition) is 3. The largest absolute Gasteiger partial charge is 0.496 e. The standard InChI is InChI=1S/C12H12N4O/c1-17-10-4-2-3-8-12(10)7(6-14-8)9-5-11(13)16-15-9/h2-6,14H,1H3,(H3,13,15,16). The van der Waals surface area contributed by atoms with Gasteiger partial charge >= 0.3 is 0 Å². The Morgan fingerprint density at radius 3 is 2.94 bits per heavy atom. The van der Waals surface area contributed by atoms with Crippen molar-refractivity contribution >= 4 is 16.7 Å². The van der Waals surface area contributed by atoms with Gasteiger partial charge in [0.05, 0.1) is 18.2 Å². The van der Waals surface area contributed by atoms with Gasteiger partial charge in [-0.05, 0) is 12.1 Å². The van der Waals surface area contributed by atoms with Crippen molar-refractivity contribution in [3.05, 3.63) is 30.5 Å². The van der Waals surface area contributed by atoms with Crippen molar-refractivity contribution in [2.24, 2.45) is 0 Å². The van der Waals surface area contributed by atoms with Gasteiger partial charge in [0.2, 0.25) is 0 Å². The first-order valence-electron chi connectivity index (χ1n) is 5.25. The fourth-order valence-electron chi connectivity index (χ4n) is 2.01. The summed E-state index contributed by atoms with van der Waals surface area (Å²) in [5.41, 5.74) is 8.51. The highest BCUT2D eigenvalue weighted by atomic mass is 16.5. The number of rotatable bonds is 2. The Kier molecular flexibility index (Phi) is 2.04. The number of nitrogens with one attached hydrogen (secondary N) is 2. The highest BCUT2D eigenvalue weighted by Gasteiger charge is 2.12. The Morgan fingerprint density at radius 2 is 2.24 bits per heavy atom. The molecule has 2 heterocycles. The summed E-state index contributed by atoms with van der Waals surface area (Å²) in [5, 5.41) is 7.86. The van der Waals surface area contributed by atoms with Crippen molar-refractivity contribution in [1.29, 1.82) is 0 Å². The van der Waals surface area contributed by atoms with Crippen LogP contribution in [0, 0.1) is 0 Å². The summed E-state index contributed by atoms with van der Waals surface area (Å²) in [7, 11) is 1.66. The number of nitrogens with two attached hydrogens (primary N) is 1. The molecule has 0 unspecified atom stereocenters. The van der Waals surface area contributed by atoms with Gasteiger partial charge in [-0.15, -0.1) is 0 Å². The maximum Gasteiger partial charge on any atom is 0.145 e. The minimum absolute atomic E-state index is 0.476. The molecule has 5 nitrogen and oxygen atoms in total. The van der Waals surface area contributed by atoms with Crippen molar-refractivity contribution in [2.45, 2.75) is 0 Å². The van der Waals surface area contributed by atoms with E-state index in [2.05, 4.69) is 15.2 Å². The quantitative estimate of drug-likeness (QED) is 0.628. The second kappa shape index (κ2) is 3.55. The Morgan fingerprint density at radius 1 is 1.35 bits per heavy atom. The number of nitrogens with zero attached hydrogens (tertiary/aromatic N) is 1. The van der Waals surface area contributed by atoms with Crippen LogP contribution in [0.5, 0.6) is 5.75 Å². The number of aromatic amines is 2. The predicted molar refractivity (Wildman–Crippen MR) is 66.8 cm³/mol. The zero-order valence-electron chi connectivity index (χ0n) is 9.32. The van der Waals surface area contributed by atoms with E-state index in [0.29, 0.717) is 5.82 Å². The fourth-order valence-corrected chi connectivity index (χ4v) is 2.01. The molecular weight excluding hydrogens is 216 g/mol. The molecule has 0 saturated carbocycles. The van der Waals surface area contributed by atoms with Crippen LogP contribution in [0.3, 0.4) is 0 Å². The Bertz CT molecular complexity index is 668. The van der Waals surface area contributed by atoms with E-state index in [1.54, 1.807) is 13.2 Å². The number of H-pyrrole nitrogens is 2. The van der Waals surface area contributed by atoms with E-state index in [1.807, 2.05) is 24.4 Å². The van der Waals surface area contributed by atoms with Crippen LogP contribution in [-0.4, -0.2) is 22.3 Å². The molecule has 0 aliphatic heterocycles. The van der Waals surface area contributed by atoms with E-state index in [0.717, 1.165) is 27.9 Å². The lowest BCUT2D eigenvalue weighted by atomic mass is 10.1. The molecule has 1 aromatic carbocycles. The number of ether oxygens (including phenoxy) is 1. The lowest BCUT2D eigenvalue weighted by Crippen LogP contribution is -1.84. The van der Waals surface area contributed by atoms with Gasteiger partial charge in [-0.2, -0.15) is 5.10 Å². The zero-order valence-corrected chi connectivity index (χ0v) is 9.32. The van der Waals surface area contributed by atoms with Gasteiger partial charge < -0.3 is 15.5 Å². The molecular formula is C12H12N4O. The summed E-state index contributed by atoms with van der Waals surface area (Å²) in [4.78, 5) is 3.20. The first kappa shape index (κ1) is 9.77. The molecule has 2 aromatic heterocycles. The molecule has 0 bridgehead atoms. The summed E-state index contributed by atoms with van der Waals surface area (Å²) in [5.74, 6) is 1.30. The summed E-state index contributed by atoms with van der Waals surface area (Å²) >= 11 is 0. The zero-order chi connectivity index (χ0) is 11.8. The van der Waals surface area contributed by atoms with E-state index >= 15 is 0 Å². The van der Waals surface area contributed by atoms with Crippen LogP contribution in [-0.2, 0) is 0 Å². The van der Waals surface area contributed by atoms with Gasteiger partial charge in [0.1, 0.15) is 11.6 Å². The fraction of sp³-hybridized carbons (Fsp3) is 0.0833. The molecule has 17 heavy (non-hydrogen) atoms. The van der Waals surface area contributed by atoms with Crippen LogP contribution < -0.4 is 10.5 Å². The number of fused-ring (bicyclic) bond motifs is 1. The van der Waals surface area contributed by atoms with Gasteiger partial charge in [-0.25, -0.2) is 0 Å². The summed E-state index contributed by atoms with van der Waals surface area (Å²) in [6.07, 6.45) is 1.92. The van der Waals surface area contributed by atoms with Crippen LogP contribution >= 0.6 is 0 Å². The van der Waals surface area contributed by atoms with E-state index in [-0.39, 0.29) is 0 Å². The normalized spacial score (nSPS) is 10.9. The minimum atomic E-state index is 0.476. The maximum atomic E-state index is 5.62. The Labute approximate surface area is 97.6 Å². The molecule has 0 saturated heterocycles. The smallest absolute Gasteiger partial charge is 0.145 e. The average Bonchev–Trinajstić information content (AvgIpc) is 2.94. The van der Waals surface area contributed by atoms with E-state index in [1.165, 1.54) is 0 Å². The molecule has 0 aliphatic rings. The summed E-state index contributed by atoms with van der Waals surface area (Å²) in [6.45, 7) is 0. The third-order valence-corrected chi connectivity index (χ3v) is 2.78. The van der Waals surface area contributed by atoms with E-state index in [4.69, 9.17) is 10.5 Å². The topological polar surface area (TPSA) is 79.7 Å². The van der Waals surface area contributed by atoms with Gasteiger partial charge in [0, 0.05) is 23.3 Å². The van der Waals surface area contributed by atoms with Crippen LogP contribution in [0.15, 0.2) is 30.5 Å². The molecule has 0 aliphatic carbocycles. The van der Waals surface area contributed by atoms with Crippen LogP contribution in [0.25, 0.3) is 22.2 Å². The summed E-state index contributed by atoms with van der Waals surface area (Å²) < 4.78 is 5.37. The van der Waals surface area contributed by atoms with Crippen molar-refractivity contribution in [3.8, 4) is 17.0 Å². The van der Waals surface area contributed by atoms with Crippen LogP contribution in [0.1, 0.15) is 0 Å². The number of methoxy groups -OCH3 is 1. The highest BCUT2D eigenvalue weighted by Crippen LogP contribution is 2.34. The second-order valence-corrected chi connectivity index (χ2v) is 3.79. The summed E-state index contributed by atoms with van der Waals surface area (Å²) in [6, 6.07) is 7.68. The van der Waals surface area contributed by atoms with Crippen molar-refractivity contribution < 1.29 is 4.74 Å². The molecule has 5 heteroatoms. The van der Waals surface area contributed by atoms with Crippen LogP contribution in [0.4, 0.5) is 5.82 Å². The number of hydrogen-bond acceptors (Lipinski definition) is 3. The van der Waals surface area contributed by atoms with E-state index < -0.39 is 0 Å². The monoisotopic (exact) mass is 228 g/mol. The van der Waals surface area contributed by atoms with Gasteiger partial charge in [0.25, 0.3) is 0 Å². The number of anilines is 1. The van der Waals surface area contributed by atoms with Crippen molar-refractivity contribution in [2.75, 3.05) is 12.8 Å². The van der Waals surface area contributed by atoms with Crippen LogP contribution in [0.2, 0.25) is 0 Å². The molecule has 0 fully saturated rings. The molecule has 3 aromatic rings. The van der Waals surface area contributed by atoms with Crippen molar-refractivity contribution in [3.63, 3.8) is 0 Å². The molecule has 86 valence electrons. The Hall–Kier alpha value is -2.43. The maximum absolute atomic E-state index is 5.62. The second-order valence-electron chi connectivity index (χ2n) is 3.79. The third-order valence-electron chi connectivity index (χ3n) is 2.78. The number of nitrogen functional groups attached to an aromatic ring is 1. The Balaban J connectivity index is 2.30. The molecule has 0 amide bonds. The number of benzene rings is 1.